The number of ether oxygens (including phenoxy) is 3. The maximum atomic E-state index is 6.57. The van der Waals surface area contributed by atoms with Gasteiger partial charge in [-0.15, -0.1) is 0 Å². The van der Waals surface area contributed by atoms with E-state index in [4.69, 9.17) is 14.2 Å². The molecule has 0 aliphatic heterocycles. The molecule has 0 atom stereocenters. The molecule has 0 saturated heterocycles. The van der Waals surface area contributed by atoms with E-state index in [0.717, 1.165) is 95.5 Å². The minimum absolute atomic E-state index is 0.645. The summed E-state index contributed by atoms with van der Waals surface area (Å²) in [6.45, 7) is 19.3. The normalized spacial score (nSPS) is 11.0. The minimum Gasteiger partial charge on any atom is -0.493 e. The Morgan fingerprint density at radius 2 is 0.769 bits per heavy atom. The van der Waals surface area contributed by atoms with E-state index in [-0.39, 0.29) is 0 Å². The Balaban J connectivity index is 1.65. The lowest BCUT2D eigenvalue weighted by Gasteiger charge is -2.32. The Kier molecular flexibility index (Phi) is 13.7. The molecule has 0 amide bonds. The highest BCUT2D eigenvalue weighted by atomic mass is 16.5. The Morgan fingerprint density at radius 1 is 0.404 bits per heavy atom. The van der Waals surface area contributed by atoms with Crippen molar-refractivity contribution in [2.75, 3.05) is 29.6 Å². The number of unbranched alkanes of at least 4 members (excludes halogenated alkanes) is 3. The number of hydrogen-bond donors (Lipinski definition) is 0. The molecule has 5 heteroatoms. The van der Waals surface area contributed by atoms with Crippen LogP contribution in [0.5, 0.6) is 17.2 Å². The summed E-state index contributed by atoms with van der Waals surface area (Å²) in [4.78, 5) is 4.66. The van der Waals surface area contributed by atoms with Crippen LogP contribution < -0.4 is 24.0 Å². The predicted molar refractivity (Wildman–Crippen MR) is 221 cm³/mol. The van der Waals surface area contributed by atoms with Crippen molar-refractivity contribution in [2.45, 2.75) is 93.9 Å². The van der Waals surface area contributed by atoms with Gasteiger partial charge in [-0.05, 0) is 131 Å². The van der Waals surface area contributed by atoms with Gasteiger partial charge < -0.3 is 24.0 Å². The minimum atomic E-state index is 0.645. The van der Waals surface area contributed by atoms with E-state index in [2.05, 4.69) is 162 Å². The maximum absolute atomic E-state index is 6.57. The van der Waals surface area contributed by atoms with Crippen molar-refractivity contribution in [3.05, 3.63) is 125 Å². The Labute approximate surface area is 313 Å². The quantitative estimate of drug-likeness (QED) is 0.0851. The SMILES string of the molecule is CCCCOc1cc(C)c(N(c2ccc(C)cc2)c2ccc(N(c3ccc(C)cc3)c3c(C)cc(C)cc3OCCCC)cc2)c(OCCCC)c1. The largest absolute Gasteiger partial charge is 0.493 e. The molecule has 274 valence electrons. The summed E-state index contributed by atoms with van der Waals surface area (Å²) in [6.07, 6.45) is 6.24. The van der Waals surface area contributed by atoms with Crippen molar-refractivity contribution in [1.29, 1.82) is 0 Å². The summed E-state index contributed by atoms with van der Waals surface area (Å²) in [5.74, 6) is 2.58. The molecule has 0 unspecified atom stereocenters. The zero-order chi connectivity index (χ0) is 37.0. The van der Waals surface area contributed by atoms with E-state index in [0.29, 0.717) is 19.8 Å². The van der Waals surface area contributed by atoms with Crippen LogP contribution in [0.4, 0.5) is 34.1 Å². The highest BCUT2D eigenvalue weighted by Crippen LogP contribution is 2.47. The van der Waals surface area contributed by atoms with Crippen LogP contribution in [-0.2, 0) is 0 Å². The smallest absolute Gasteiger partial charge is 0.147 e. The van der Waals surface area contributed by atoms with Gasteiger partial charge in [0, 0.05) is 28.8 Å². The van der Waals surface area contributed by atoms with Crippen LogP contribution in [0.15, 0.2) is 97.1 Å². The first-order valence-corrected chi connectivity index (χ1v) is 19.2. The predicted octanol–water partition coefficient (Wildman–Crippen LogP) is 13.7. The standard InChI is InChI=1S/C47H58N2O3/c1-9-12-27-50-43-32-38(8)47(45(33-43)52-29-14-11-3)49(40-21-17-35(5)18-22-40)42-25-23-41(24-26-42)48(39-19-15-34(4)16-20-39)46-37(7)30-36(6)31-44(46)51-28-13-10-2/h15-26,30-33H,9-14,27-29H2,1-8H3. The monoisotopic (exact) mass is 698 g/mol. The second-order valence-electron chi connectivity index (χ2n) is 14.0. The molecule has 5 nitrogen and oxygen atoms in total. The van der Waals surface area contributed by atoms with E-state index >= 15 is 0 Å². The summed E-state index contributed by atoms with van der Waals surface area (Å²) in [5.41, 5.74) is 12.2. The van der Waals surface area contributed by atoms with Crippen molar-refractivity contribution in [2.24, 2.45) is 0 Å². The third-order valence-corrected chi connectivity index (χ3v) is 9.32. The van der Waals surface area contributed by atoms with Crippen molar-refractivity contribution in [3.63, 3.8) is 0 Å². The molecule has 0 heterocycles. The fraction of sp³-hybridized carbons (Fsp3) is 0.362. The lowest BCUT2D eigenvalue weighted by molar-refractivity contribution is 0.294. The molecule has 0 spiro atoms. The van der Waals surface area contributed by atoms with Gasteiger partial charge in [-0.2, -0.15) is 0 Å². The number of nitrogens with zero attached hydrogens (tertiary/aromatic N) is 2. The van der Waals surface area contributed by atoms with E-state index in [1.807, 2.05) is 0 Å². The van der Waals surface area contributed by atoms with Gasteiger partial charge in [-0.25, -0.2) is 0 Å². The van der Waals surface area contributed by atoms with Crippen molar-refractivity contribution >= 4 is 34.1 Å². The number of rotatable bonds is 18. The summed E-state index contributed by atoms with van der Waals surface area (Å²) >= 11 is 0. The molecule has 5 rings (SSSR count). The Bertz CT molecular complexity index is 1860. The number of anilines is 6. The molecule has 0 aliphatic rings. The molecular weight excluding hydrogens is 641 g/mol. The van der Waals surface area contributed by atoms with Gasteiger partial charge in [0.2, 0.25) is 0 Å². The van der Waals surface area contributed by atoms with E-state index in [9.17, 15) is 0 Å². The molecule has 0 aromatic heterocycles. The molecule has 52 heavy (non-hydrogen) atoms. The topological polar surface area (TPSA) is 34.2 Å². The average Bonchev–Trinajstić information content (AvgIpc) is 3.13. The van der Waals surface area contributed by atoms with Crippen LogP contribution in [-0.4, -0.2) is 19.8 Å². The van der Waals surface area contributed by atoms with Crippen LogP contribution in [0.25, 0.3) is 0 Å². The second kappa shape index (κ2) is 18.5. The lowest BCUT2D eigenvalue weighted by atomic mass is 10.0. The average molecular weight is 699 g/mol. The molecular formula is C47H58N2O3. The first kappa shape index (κ1) is 38.3. The lowest BCUT2D eigenvalue weighted by Crippen LogP contribution is -2.16. The van der Waals surface area contributed by atoms with Gasteiger partial charge >= 0.3 is 0 Å². The van der Waals surface area contributed by atoms with Crippen LogP contribution in [0.3, 0.4) is 0 Å². The first-order valence-electron chi connectivity index (χ1n) is 19.2. The summed E-state index contributed by atoms with van der Waals surface area (Å²) < 4.78 is 19.3. The van der Waals surface area contributed by atoms with Crippen molar-refractivity contribution in [3.8, 4) is 17.2 Å². The Morgan fingerprint density at radius 3 is 1.19 bits per heavy atom. The molecule has 5 aromatic rings. The van der Waals surface area contributed by atoms with E-state index < -0.39 is 0 Å². The van der Waals surface area contributed by atoms with Gasteiger partial charge in [0.05, 0.1) is 31.2 Å². The molecule has 0 N–H and O–H groups in total. The molecule has 0 fully saturated rings. The second-order valence-corrected chi connectivity index (χ2v) is 14.0. The fourth-order valence-corrected chi connectivity index (χ4v) is 6.45. The van der Waals surface area contributed by atoms with E-state index in [1.165, 1.54) is 22.3 Å². The molecule has 0 radical (unpaired) electrons. The van der Waals surface area contributed by atoms with Gasteiger partial charge in [-0.1, -0.05) is 81.5 Å². The highest BCUT2D eigenvalue weighted by Gasteiger charge is 2.24. The molecule has 5 aromatic carbocycles. The van der Waals surface area contributed by atoms with Gasteiger partial charge in [0.25, 0.3) is 0 Å². The summed E-state index contributed by atoms with van der Waals surface area (Å²) in [6, 6.07) is 35.0. The zero-order valence-corrected chi connectivity index (χ0v) is 32.7. The first-order chi connectivity index (χ1) is 25.2. The van der Waals surface area contributed by atoms with Crippen LogP contribution >= 0.6 is 0 Å². The van der Waals surface area contributed by atoms with Crippen LogP contribution in [0, 0.1) is 34.6 Å². The number of aryl methyl sites for hydroxylation is 5. The van der Waals surface area contributed by atoms with Gasteiger partial charge in [0.15, 0.2) is 0 Å². The zero-order valence-electron chi connectivity index (χ0n) is 32.7. The third kappa shape index (κ3) is 9.50. The van der Waals surface area contributed by atoms with Crippen molar-refractivity contribution in [1.82, 2.24) is 0 Å². The van der Waals surface area contributed by atoms with E-state index in [1.54, 1.807) is 0 Å². The number of benzene rings is 5. The van der Waals surface area contributed by atoms with Crippen LogP contribution in [0.2, 0.25) is 0 Å². The summed E-state index contributed by atoms with van der Waals surface area (Å²) in [5, 5.41) is 0. The Hall–Kier alpha value is -4.90. The third-order valence-electron chi connectivity index (χ3n) is 9.32. The van der Waals surface area contributed by atoms with Gasteiger partial charge in [0.1, 0.15) is 17.2 Å². The fourth-order valence-electron chi connectivity index (χ4n) is 6.45. The van der Waals surface area contributed by atoms with Crippen LogP contribution in [0.1, 0.15) is 87.1 Å². The van der Waals surface area contributed by atoms with Crippen molar-refractivity contribution < 1.29 is 14.2 Å². The molecule has 0 aliphatic carbocycles. The summed E-state index contributed by atoms with van der Waals surface area (Å²) in [7, 11) is 0. The highest BCUT2D eigenvalue weighted by molar-refractivity contribution is 5.86. The molecule has 0 bridgehead atoms. The van der Waals surface area contributed by atoms with Gasteiger partial charge in [-0.3, -0.25) is 0 Å². The molecule has 0 saturated carbocycles. The number of hydrogen-bond acceptors (Lipinski definition) is 5. The maximum Gasteiger partial charge on any atom is 0.147 e.